The fraction of sp³-hybridized carbons (Fsp3) is 0.947. The number of unbranched alkanes of at least 4 members (excludes halogenated alkanes) is 2. The van der Waals surface area contributed by atoms with E-state index in [1.165, 1.54) is 12.8 Å². The minimum Gasteiger partial charge on any atom is -0.381 e. The molecule has 0 unspecified atom stereocenters. The first-order valence-electron chi connectivity index (χ1n) is 9.30. The Morgan fingerprint density at radius 1 is 0.696 bits per heavy atom. The summed E-state index contributed by atoms with van der Waals surface area (Å²) in [6, 6.07) is 0. The van der Waals surface area contributed by atoms with Crippen molar-refractivity contribution in [3.63, 3.8) is 0 Å². The molecule has 23 heavy (non-hydrogen) atoms. The normalized spacial score (nSPS) is 11.6. The van der Waals surface area contributed by atoms with Crippen LogP contribution in [0.25, 0.3) is 0 Å². The fourth-order valence-corrected chi connectivity index (χ4v) is 1.99. The van der Waals surface area contributed by atoms with Crippen LogP contribution >= 0.6 is 0 Å². The van der Waals surface area contributed by atoms with Gasteiger partial charge in [-0.15, -0.1) is 0 Å². The molecule has 0 aliphatic carbocycles. The van der Waals surface area contributed by atoms with Gasteiger partial charge >= 0.3 is 0 Å². The molecule has 0 aromatic rings. The molecule has 0 radical (unpaired) electrons. The lowest BCUT2D eigenvalue weighted by atomic mass is 10.1. The number of ether oxygens (including phenoxy) is 3. The third kappa shape index (κ3) is 17.7. The average molecular weight is 331 g/mol. The molecule has 0 amide bonds. The molecule has 0 fully saturated rings. The number of hydrogen-bond donors (Lipinski definition) is 0. The summed E-state index contributed by atoms with van der Waals surface area (Å²) in [5, 5.41) is 0. The summed E-state index contributed by atoms with van der Waals surface area (Å²) in [6.45, 7) is 12.4. The predicted molar refractivity (Wildman–Crippen MR) is 94.8 cm³/mol. The summed E-state index contributed by atoms with van der Waals surface area (Å²) in [7, 11) is 0. The first kappa shape index (κ1) is 22.6. The smallest absolute Gasteiger partial charge is 0.160 e. The van der Waals surface area contributed by atoms with Gasteiger partial charge in [0, 0.05) is 39.0 Å². The largest absolute Gasteiger partial charge is 0.381 e. The zero-order chi connectivity index (χ0) is 17.3. The minimum absolute atomic E-state index is 0.0606. The molecular formula is C19H38O4. The summed E-state index contributed by atoms with van der Waals surface area (Å²) in [5.74, 6) is 1.000. The van der Waals surface area contributed by atoms with Crippen LogP contribution in [0, 0.1) is 11.8 Å². The highest BCUT2D eigenvalue weighted by atomic mass is 16.5. The Hall–Kier alpha value is -0.450. The van der Waals surface area contributed by atoms with Crippen molar-refractivity contribution in [2.45, 2.75) is 66.2 Å². The quantitative estimate of drug-likeness (QED) is 0.374. The molecular weight excluding hydrogens is 292 g/mol. The van der Waals surface area contributed by atoms with E-state index in [2.05, 4.69) is 13.8 Å². The molecule has 0 atom stereocenters. The van der Waals surface area contributed by atoms with Gasteiger partial charge in [0.15, 0.2) is 5.78 Å². The topological polar surface area (TPSA) is 44.8 Å². The lowest BCUT2D eigenvalue weighted by molar-refractivity contribution is -0.126. The van der Waals surface area contributed by atoms with Gasteiger partial charge in [0.25, 0.3) is 0 Å². The average Bonchev–Trinajstić information content (AvgIpc) is 2.50. The molecule has 0 spiro atoms. The van der Waals surface area contributed by atoms with Crippen LogP contribution in [0.15, 0.2) is 0 Å². The van der Waals surface area contributed by atoms with E-state index >= 15 is 0 Å². The third-order valence-electron chi connectivity index (χ3n) is 3.61. The van der Waals surface area contributed by atoms with Crippen LogP contribution in [-0.4, -0.2) is 45.4 Å². The van der Waals surface area contributed by atoms with Gasteiger partial charge in [0.05, 0.1) is 0 Å². The molecule has 138 valence electrons. The van der Waals surface area contributed by atoms with Crippen LogP contribution in [0.3, 0.4) is 0 Å². The highest BCUT2D eigenvalue weighted by Gasteiger charge is 2.06. The van der Waals surface area contributed by atoms with Gasteiger partial charge < -0.3 is 14.2 Å². The standard InChI is InChI=1S/C19H38O4/c1-17(2)10-8-13-21-11-6-5-7-12-22-14-9-15-23-16-19(20)18(3)4/h17-18H,5-16H2,1-4H3. The Labute approximate surface area is 143 Å². The Kier molecular flexibility index (Phi) is 16.1. The van der Waals surface area contributed by atoms with E-state index in [1.54, 1.807) is 0 Å². The molecule has 0 rings (SSSR count). The molecule has 0 bridgehead atoms. The molecule has 0 aliphatic heterocycles. The van der Waals surface area contributed by atoms with Crippen molar-refractivity contribution in [2.24, 2.45) is 11.8 Å². The molecule has 0 aromatic carbocycles. The van der Waals surface area contributed by atoms with E-state index in [4.69, 9.17) is 14.2 Å². The predicted octanol–water partition coefficient (Wildman–Crippen LogP) is 4.26. The Morgan fingerprint density at radius 3 is 1.78 bits per heavy atom. The first-order valence-corrected chi connectivity index (χ1v) is 9.30. The SMILES string of the molecule is CC(C)CCCOCCCCCOCCCOCC(=O)C(C)C. The maximum Gasteiger partial charge on any atom is 0.160 e. The van der Waals surface area contributed by atoms with E-state index in [-0.39, 0.29) is 18.3 Å². The summed E-state index contributed by atoms with van der Waals surface area (Å²) < 4.78 is 16.5. The van der Waals surface area contributed by atoms with E-state index in [0.29, 0.717) is 13.2 Å². The maximum absolute atomic E-state index is 11.3. The second-order valence-corrected chi connectivity index (χ2v) is 6.85. The second kappa shape index (κ2) is 16.4. The molecule has 0 saturated carbocycles. The number of hydrogen-bond acceptors (Lipinski definition) is 4. The summed E-state index contributed by atoms with van der Waals surface area (Å²) in [4.78, 5) is 11.3. The van der Waals surface area contributed by atoms with Gasteiger partial charge in [0.1, 0.15) is 6.61 Å². The number of carbonyl (C=O) groups excluding carboxylic acids is 1. The van der Waals surface area contributed by atoms with Gasteiger partial charge in [-0.1, -0.05) is 27.7 Å². The van der Waals surface area contributed by atoms with E-state index in [9.17, 15) is 4.79 Å². The van der Waals surface area contributed by atoms with Crippen molar-refractivity contribution in [1.82, 2.24) is 0 Å². The first-order chi connectivity index (χ1) is 11.0. The van der Waals surface area contributed by atoms with E-state index in [0.717, 1.165) is 51.4 Å². The van der Waals surface area contributed by atoms with Gasteiger partial charge in [0.2, 0.25) is 0 Å². The van der Waals surface area contributed by atoms with Gasteiger partial charge in [-0.2, -0.15) is 0 Å². The molecule has 0 N–H and O–H groups in total. The molecule has 4 nitrogen and oxygen atoms in total. The van der Waals surface area contributed by atoms with Crippen molar-refractivity contribution in [1.29, 1.82) is 0 Å². The highest BCUT2D eigenvalue weighted by molar-refractivity contribution is 5.81. The third-order valence-corrected chi connectivity index (χ3v) is 3.61. The van der Waals surface area contributed by atoms with Crippen LogP contribution < -0.4 is 0 Å². The molecule has 0 aliphatic rings. The zero-order valence-electron chi connectivity index (χ0n) is 15.8. The number of carbonyl (C=O) groups is 1. The lowest BCUT2D eigenvalue weighted by Gasteiger charge is -2.07. The monoisotopic (exact) mass is 330 g/mol. The number of ketones is 1. The highest BCUT2D eigenvalue weighted by Crippen LogP contribution is 2.04. The molecule has 4 heteroatoms. The van der Waals surface area contributed by atoms with Crippen molar-refractivity contribution in [3.05, 3.63) is 0 Å². The molecule has 0 saturated heterocycles. The van der Waals surface area contributed by atoms with Gasteiger partial charge in [-0.25, -0.2) is 0 Å². The minimum atomic E-state index is 0.0606. The summed E-state index contributed by atoms with van der Waals surface area (Å²) in [6.07, 6.45) is 6.64. The van der Waals surface area contributed by atoms with Gasteiger partial charge in [-0.05, 0) is 44.4 Å². The van der Waals surface area contributed by atoms with E-state index < -0.39 is 0 Å². The van der Waals surface area contributed by atoms with Crippen molar-refractivity contribution in [3.8, 4) is 0 Å². The van der Waals surface area contributed by atoms with Crippen LogP contribution in [0.2, 0.25) is 0 Å². The number of Topliss-reactive ketones (excluding diaryl/α,β-unsaturated/α-hetero) is 1. The van der Waals surface area contributed by atoms with Crippen molar-refractivity contribution in [2.75, 3.05) is 39.6 Å². The van der Waals surface area contributed by atoms with Gasteiger partial charge in [-0.3, -0.25) is 4.79 Å². The zero-order valence-corrected chi connectivity index (χ0v) is 15.8. The molecule has 0 heterocycles. The Morgan fingerprint density at radius 2 is 1.22 bits per heavy atom. The van der Waals surface area contributed by atoms with Crippen molar-refractivity contribution < 1.29 is 19.0 Å². The maximum atomic E-state index is 11.3. The Balaban J connectivity index is 3.07. The Bertz CT molecular complexity index is 264. The van der Waals surface area contributed by atoms with E-state index in [1.807, 2.05) is 13.8 Å². The second-order valence-electron chi connectivity index (χ2n) is 6.85. The van der Waals surface area contributed by atoms with Crippen molar-refractivity contribution >= 4 is 5.78 Å². The van der Waals surface area contributed by atoms with Crippen LogP contribution in [0.4, 0.5) is 0 Å². The summed E-state index contributed by atoms with van der Waals surface area (Å²) in [5.41, 5.74) is 0. The van der Waals surface area contributed by atoms with Crippen LogP contribution in [0.5, 0.6) is 0 Å². The number of rotatable bonds is 17. The fourth-order valence-electron chi connectivity index (χ4n) is 1.99. The lowest BCUT2D eigenvalue weighted by Crippen LogP contribution is -2.15. The van der Waals surface area contributed by atoms with Crippen LogP contribution in [-0.2, 0) is 19.0 Å². The molecule has 0 aromatic heterocycles. The van der Waals surface area contributed by atoms with Crippen LogP contribution in [0.1, 0.15) is 66.2 Å². The summed E-state index contributed by atoms with van der Waals surface area (Å²) >= 11 is 0.